The quantitative estimate of drug-likeness (QED) is 0.851. The number of carbonyl (C=O) groups is 1. The number of hydrogen-bond donors (Lipinski definition) is 1. The van der Waals surface area contributed by atoms with E-state index < -0.39 is 0 Å². The van der Waals surface area contributed by atoms with Crippen LogP contribution in [-0.4, -0.2) is 40.6 Å². The van der Waals surface area contributed by atoms with Crippen LogP contribution in [0.15, 0.2) is 35.2 Å². The van der Waals surface area contributed by atoms with Gasteiger partial charge < -0.3 is 14.7 Å². The molecule has 21 heavy (non-hydrogen) atoms. The highest BCUT2D eigenvalue weighted by molar-refractivity contribution is 7.07. The lowest BCUT2D eigenvalue weighted by molar-refractivity contribution is 0.0731. The monoisotopic (exact) mass is 306 g/mol. The molecule has 5 nitrogen and oxygen atoms in total. The molecule has 0 bridgehead atoms. The Morgan fingerprint density at radius 2 is 2.33 bits per heavy atom. The molecular formula is C15H18N2O3S. The van der Waals surface area contributed by atoms with Crippen LogP contribution in [0.5, 0.6) is 5.75 Å². The van der Waals surface area contributed by atoms with Gasteiger partial charge in [0.05, 0.1) is 17.8 Å². The maximum atomic E-state index is 12.3. The van der Waals surface area contributed by atoms with Crippen LogP contribution in [0.2, 0.25) is 0 Å². The van der Waals surface area contributed by atoms with Gasteiger partial charge in [-0.05, 0) is 25.1 Å². The van der Waals surface area contributed by atoms with Gasteiger partial charge in [-0.3, -0.25) is 4.79 Å². The molecule has 1 amide bonds. The smallest absolute Gasteiger partial charge is 0.254 e. The first-order valence-corrected chi connectivity index (χ1v) is 7.69. The highest BCUT2D eigenvalue weighted by Gasteiger charge is 2.14. The number of aromatic nitrogens is 1. The molecule has 1 aromatic heterocycles. The van der Waals surface area contributed by atoms with Crippen LogP contribution in [0.25, 0.3) is 0 Å². The Morgan fingerprint density at radius 1 is 1.48 bits per heavy atom. The Labute approximate surface area is 127 Å². The van der Waals surface area contributed by atoms with Crippen molar-refractivity contribution < 1.29 is 14.6 Å². The van der Waals surface area contributed by atoms with Gasteiger partial charge in [-0.1, -0.05) is 6.07 Å². The molecule has 0 saturated heterocycles. The Morgan fingerprint density at radius 3 is 3.00 bits per heavy atom. The first-order valence-electron chi connectivity index (χ1n) is 6.74. The second-order valence-corrected chi connectivity index (χ2v) is 5.12. The van der Waals surface area contributed by atoms with Crippen molar-refractivity contribution in [2.45, 2.75) is 13.5 Å². The SMILES string of the molecule is CCN(CCO)C(=O)c1cccc(OCc2cscn2)c1. The van der Waals surface area contributed by atoms with E-state index in [1.165, 1.54) is 11.3 Å². The number of aliphatic hydroxyl groups excluding tert-OH is 1. The molecule has 0 saturated carbocycles. The van der Waals surface area contributed by atoms with Gasteiger partial charge in [-0.15, -0.1) is 11.3 Å². The number of ether oxygens (including phenoxy) is 1. The van der Waals surface area contributed by atoms with Crippen LogP contribution in [0.4, 0.5) is 0 Å². The third kappa shape index (κ3) is 4.27. The molecule has 0 aliphatic rings. The lowest BCUT2D eigenvalue weighted by Crippen LogP contribution is -2.33. The van der Waals surface area contributed by atoms with Crippen molar-refractivity contribution in [3.8, 4) is 5.75 Å². The molecule has 0 fully saturated rings. The summed E-state index contributed by atoms with van der Waals surface area (Å²) < 4.78 is 5.64. The summed E-state index contributed by atoms with van der Waals surface area (Å²) in [4.78, 5) is 18.0. The number of hydrogen-bond acceptors (Lipinski definition) is 5. The van der Waals surface area contributed by atoms with E-state index in [1.54, 1.807) is 28.6 Å². The zero-order valence-electron chi connectivity index (χ0n) is 11.9. The average molecular weight is 306 g/mol. The third-order valence-electron chi connectivity index (χ3n) is 2.99. The average Bonchev–Trinajstić information content (AvgIpc) is 3.03. The normalized spacial score (nSPS) is 10.4. The first-order chi connectivity index (χ1) is 10.2. The lowest BCUT2D eigenvalue weighted by atomic mass is 10.2. The predicted molar refractivity (Wildman–Crippen MR) is 81.6 cm³/mol. The number of thiazole rings is 1. The predicted octanol–water partition coefficient (Wildman–Crippen LogP) is 2.18. The van der Waals surface area contributed by atoms with Crippen molar-refractivity contribution in [3.63, 3.8) is 0 Å². The summed E-state index contributed by atoms with van der Waals surface area (Å²) in [6.45, 7) is 3.12. The molecule has 0 spiro atoms. The fraction of sp³-hybridized carbons (Fsp3) is 0.333. The van der Waals surface area contributed by atoms with Crippen molar-refractivity contribution >= 4 is 17.2 Å². The summed E-state index contributed by atoms with van der Waals surface area (Å²) in [5.74, 6) is 0.527. The third-order valence-corrected chi connectivity index (χ3v) is 3.63. The lowest BCUT2D eigenvalue weighted by Gasteiger charge is -2.19. The molecule has 112 valence electrons. The Balaban J connectivity index is 2.04. The Hall–Kier alpha value is -1.92. The van der Waals surface area contributed by atoms with Gasteiger partial charge in [0, 0.05) is 24.0 Å². The zero-order valence-corrected chi connectivity index (χ0v) is 12.7. The molecule has 2 rings (SSSR count). The van der Waals surface area contributed by atoms with E-state index >= 15 is 0 Å². The zero-order chi connectivity index (χ0) is 15.1. The first kappa shape index (κ1) is 15.5. The highest BCUT2D eigenvalue weighted by atomic mass is 32.1. The van der Waals surface area contributed by atoms with Crippen LogP contribution >= 0.6 is 11.3 Å². The molecule has 0 aliphatic carbocycles. The summed E-state index contributed by atoms with van der Waals surface area (Å²) >= 11 is 1.52. The Bertz CT molecular complexity index is 572. The molecule has 0 unspecified atom stereocenters. The van der Waals surface area contributed by atoms with Gasteiger partial charge in [-0.25, -0.2) is 4.98 Å². The van der Waals surface area contributed by atoms with Crippen molar-refractivity contribution in [1.82, 2.24) is 9.88 Å². The van der Waals surface area contributed by atoms with Gasteiger partial charge in [0.1, 0.15) is 12.4 Å². The fourth-order valence-electron chi connectivity index (χ4n) is 1.89. The minimum atomic E-state index is -0.106. The van der Waals surface area contributed by atoms with Crippen LogP contribution in [0.1, 0.15) is 23.0 Å². The summed E-state index contributed by atoms with van der Waals surface area (Å²) in [5, 5.41) is 10.9. The van der Waals surface area contributed by atoms with Crippen molar-refractivity contribution in [1.29, 1.82) is 0 Å². The minimum Gasteiger partial charge on any atom is -0.487 e. The van der Waals surface area contributed by atoms with Gasteiger partial charge in [0.15, 0.2) is 0 Å². The van der Waals surface area contributed by atoms with Gasteiger partial charge in [0.2, 0.25) is 0 Å². The number of likely N-dealkylation sites (N-methyl/N-ethyl adjacent to an activating group) is 1. The second kappa shape index (κ2) is 7.75. The minimum absolute atomic E-state index is 0.0421. The van der Waals surface area contributed by atoms with E-state index in [2.05, 4.69) is 4.98 Å². The van der Waals surface area contributed by atoms with Crippen LogP contribution in [0, 0.1) is 0 Å². The van der Waals surface area contributed by atoms with Crippen molar-refractivity contribution in [3.05, 3.63) is 46.4 Å². The Kier molecular flexibility index (Phi) is 5.71. The number of amides is 1. The van der Waals surface area contributed by atoms with Crippen LogP contribution in [-0.2, 0) is 6.61 Å². The largest absolute Gasteiger partial charge is 0.487 e. The summed E-state index contributed by atoms with van der Waals surface area (Å²) in [7, 11) is 0. The maximum absolute atomic E-state index is 12.3. The number of aliphatic hydroxyl groups is 1. The summed E-state index contributed by atoms with van der Waals surface area (Å²) in [5.41, 5.74) is 3.18. The van der Waals surface area contributed by atoms with Crippen molar-refractivity contribution in [2.75, 3.05) is 19.7 Å². The molecule has 0 aliphatic heterocycles. The van der Waals surface area contributed by atoms with Gasteiger partial charge >= 0.3 is 0 Å². The van der Waals surface area contributed by atoms with E-state index in [4.69, 9.17) is 9.84 Å². The molecule has 0 radical (unpaired) electrons. The van der Waals surface area contributed by atoms with E-state index in [0.717, 1.165) is 5.69 Å². The summed E-state index contributed by atoms with van der Waals surface area (Å²) in [6.07, 6.45) is 0. The van der Waals surface area contributed by atoms with Gasteiger partial charge in [0.25, 0.3) is 5.91 Å². The molecule has 2 aromatic rings. The van der Waals surface area contributed by atoms with E-state index in [9.17, 15) is 4.79 Å². The molecule has 1 heterocycles. The standard InChI is InChI=1S/C15H18N2O3S/c1-2-17(6-7-18)15(19)12-4-3-5-14(8-12)20-9-13-10-21-11-16-13/h3-5,8,10-11,18H,2,6-7,9H2,1H3. The topological polar surface area (TPSA) is 62.7 Å². The van der Waals surface area contributed by atoms with E-state index in [-0.39, 0.29) is 12.5 Å². The van der Waals surface area contributed by atoms with E-state index in [1.807, 2.05) is 18.4 Å². The maximum Gasteiger partial charge on any atom is 0.254 e. The summed E-state index contributed by atoms with van der Waals surface area (Å²) in [6, 6.07) is 7.06. The second-order valence-electron chi connectivity index (χ2n) is 4.40. The highest BCUT2D eigenvalue weighted by Crippen LogP contribution is 2.16. The molecule has 6 heteroatoms. The van der Waals surface area contributed by atoms with Crippen LogP contribution < -0.4 is 4.74 Å². The molecule has 1 N–H and O–H groups in total. The number of nitrogens with zero attached hydrogens (tertiary/aromatic N) is 2. The molecule has 0 atom stereocenters. The van der Waals surface area contributed by atoms with E-state index in [0.29, 0.717) is 31.0 Å². The number of rotatable bonds is 7. The molecule has 1 aromatic carbocycles. The van der Waals surface area contributed by atoms with Crippen LogP contribution in [0.3, 0.4) is 0 Å². The fourth-order valence-corrected chi connectivity index (χ4v) is 2.43. The number of benzene rings is 1. The van der Waals surface area contributed by atoms with Gasteiger partial charge in [-0.2, -0.15) is 0 Å². The number of carbonyl (C=O) groups excluding carboxylic acids is 1. The van der Waals surface area contributed by atoms with Crippen molar-refractivity contribution in [2.24, 2.45) is 0 Å². The molecular weight excluding hydrogens is 288 g/mol.